The normalized spacial score (nSPS) is 11.4. The highest BCUT2D eigenvalue weighted by Crippen LogP contribution is 2.27. The van der Waals surface area contributed by atoms with E-state index in [9.17, 15) is 22.8 Å². The summed E-state index contributed by atoms with van der Waals surface area (Å²) in [6.07, 6.45) is -4.79. The minimum absolute atomic E-state index is 0.246. The van der Waals surface area contributed by atoms with Crippen LogP contribution in [-0.4, -0.2) is 23.4 Å². The van der Waals surface area contributed by atoms with Crippen LogP contribution in [0.15, 0.2) is 33.9 Å². The molecule has 0 aliphatic heterocycles. The van der Waals surface area contributed by atoms with Crippen molar-refractivity contribution < 1.29 is 22.6 Å². The molecular formula is C15H15F3N2O4. The van der Waals surface area contributed by atoms with Gasteiger partial charge in [0.2, 0.25) is 0 Å². The molecule has 0 N–H and O–H groups in total. The quantitative estimate of drug-likeness (QED) is 0.846. The highest BCUT2D eigenvalue weighted by atomic mass is 19.4. The van der Waals surface area contributed by atoms with Crippen molar-refractivity contribution in [2.75, 3.05) is 14.2 Å². The van der Waals surface area contributed by atoms with Crippen molar-refractivity contribution in [2.24, 2.45) is 7.05 Å². The van der Waals surface area contributed by atoms with Gasteiger partial charge in [-0.3, -0.25) is 13.9 Å². The Morgan fingerprint density at radius 1 is 1.08 bits per heavy atom. The Morgan fingerprint density at radius 3 is 2.29 bits per heavy atom. The molecule has 130 valence electrons. The Kier molecular flexibility index (Phi) is 4.72. The lowest BCUT2D eigenvalue weighted by atomic mass is 10.2. The van der Waals surface area contributed by atoms with Crippen molar-refractivity contribution in [2.45, 2.75) is 12.7 Å². The van der Waals surface area contributed by atoms with Crippen LogP contribution in [0.3, 0.4) is 0 Å². The van der Waals surface area contributed by atoms with E-state index in [4.69, 9.17) is 9.47 Å². The van der Waals surface area contributed by atoms with Crippen LogP contribution in [0.4, 0.5) is 13.2 Å². The maximum atomic E-state index is 12.8. The molecule has 0 saturated heterocycles. The number of hydrogen-bond donors (Lipinski definition) is 0. The third-order valence-corrected chi connectivity index (χ3v) is 3.51. The number of alkyl halides is 3. The third kappa shape index (κ3) is 3.29. The van der Waals surface area contributed by atoms with Gasteiger partial charge in [0.05, 0.1) is 20.8 Å². The molecule has 0 bridgehead atoms. The molecule has 0 fully saturated rings. The Balaban J connectivity index is 2.58. The van der Waals surface area contributed by atoms with Crippen molar-refractivity contribution in [1.82, 2.24) is 9.13 Å². The smallest absolute Gasteiger partial charge is 0.431 e. The molecule has 0 aliphatic carbocycles. The number of benzene rings is 1. The minimum Gasteiger partial charge on any atom is -0.497 e. The Hall–Kier alpha value is -2.71. The number of rotatable bonds is 4. The van der Waals surface area contributed by atoms with E-state index in [1.165, 1.54) is 14.2 Å². The lowest BCUT2D eigenvalue weighted by Crippen LogP contribution is -2.41. The fraction of sp³-hybridized carbons (Fsp3) is 0.333. The molecule has 0 aliphatic rings. The van der Waals surface area contributed by atoms with Gasteiger partial charge in [-0.15, -0.1) is 0 Å². The molecule has 0 amide bonds. The second kappa shape index (κ2) is 6.42. The molecule has 0 spiro atoms. The Labute approximate surface area is 134 Å². The predicted molar refractivity (Wildman–Crippen MR) is 79.6 cm³/mol. The predicted octanol–water partition coefficient (Wildman–Crippen LogP) is 1.63. The number of aromatic nitrogens is 2. The zero-order chi connectivity index (χ0) is 18.1. The number of methoxy groups -OCH3 is 2. The third-order valence-electron chi connectivity index (χ3n) is 3.51. The number of hydrogen-bond acceptors (Lipinski definition) is 4. The molecule has 24 heavy (non-hydrogen) atoms. The first-order chi connectivity index (χ1) is 11.2. The number of halogens is 3. The van der Waals surface area contributed by atoms with E-state index < -0.39 is 23.1 Å². The van der Waals surface area contributed by atoms with E-state index in [0.29, 0.717) is 32.3 Å². The van der Waals surface area contributed by atoms with Gasteiger partial charge >= 0.3 is 11.9 Å². The van der Waals surface area contributed by atoms with E-state index in [0.717, 1.165) is 7.05 Å². The first-order valence-electron chi connectivity index (χ1n) is 6.78. The lowest BCUT2D eigenvalue weighted by molar-refractivity contribution is -0.144. The summed E-state index contributed by atoms with van der Waals surface area (Å²) in [5.41, 5.74) is -2.99. The summed E-state index contributed by atoms with van der Waals surface area (Å²) < 4.78 is 49.8. The van der Waals surface area contributed by atoms with E-state index in [1.807, 2.05) is 0 Å². The van der Waals surface area contributed by atoms with Crippen LogP contribution in [0.1, 0.15) is 11.3 Å². The van der Waals surface area contributed by atoms with Crippen molar-refractivity contribution >= 4 is 0 Å². The van der Waals surface area contributed by atoms with Crippen LogP contribution in [0.2, 0.25) is 0 Å². The van der Waals surface area contributed by atoms with E-state index in [-0.39, 0.29) is 6.54 Å². The van der Waals surface area contributed by atoms with Gasteiger partial charge in [-0.2, -0.15) is 13.2 Å². The summed E-state index contributed by atoms with van der Waals surface area (Å²) in [4.78, 5) is 24.2. The molecule has 2 aromatic rings. The zero-order valence-corrected chi connectivity index (χ0v) is 13.2. The lowest BCUT2D eigenvalue weighted by Gasteiger charge is -2.15. The van der Waals surface area contributed by atoms with Gasteiger partial charge in [0.15, 0.2) is 0 Å². The van der Waals surface area contributed by atoms with Gasteiger partial charge in [-0.1, -0.05) is 0 Å². The molecule has 1 aromatic heterocycles. The van der Waals surface area contributed by atoms with E-state index in [1.54, 1.807) is 18.2 Å². The Morgan fingerprint density at radius 2 is 1.75 bits per heavy atom. The second-order valence-electron chi connectivity index (χ2n) is 4.97. The molecule has 0 unspecified atom stereocenters. The van der Waals surface area contributed by atoms with E-state index in [2.05, 4.69) is 0 Å². The van der Waals surface area contributed by atoms with Crippen molar-refractivity contribution in [3.05, 3.63) is 56.4 Å². The van der Waals surface area contributed by atoms with Gasteiger partial charge in [0.25, 0.3) is 5.56 Å². The van der Waals surface area contributed by atoms with Crippen LogP contribution in [0.5, 0.6) is 11.5 Å². The summed E-state index contributed by atoms with van der Waals surface area (Å²) in [6.45, 7) is -0.246. The molecular weight excluding hydrogens is 329 g/mol. The summed E-state index contributed by atoms with van der Waals surface area (Å²) in [6, 6.07) is 5.14. The van der Waals surface area contributed by atoms with Gasteiger partial charge in [-0.25, -0.2) is 4.79 Å². The molecule has 2 rings (SSSR count). The van der Waals surface area contributed by atoms with Crippen molar-refractivity contribution in [3.63, 3.8) is 0 Å². The summed E-state index contributed by atoms with van der Waals surface area (Å²) in [5, 5.41) is 0. The van der Waals surface area contributed by atoms with E-state index >= 15 is 0 Å². The number of nitrogens with zero attached hydrogens (tertiary/aromatic N) is 2. The molecule has 0 radical (unpaired) electrons. The van der Waals surface area contributed by atoms with Crippen LogP contribution in [0.25, 0.3) is 0 Å². The molecule has 0 atom stereocenters. The molecule has 1 aromatic carbocycles. The summed E-state index contributed by atoms with van der Waals surface area (Å²) in [5.74, 6) is 0.840. The Bertz CT molecular complexity index is 868. The summed E-state index contributed by atoms with van der Waals surface area (Å²) >= 11 is 0. The van der Waals surface area contributed by atoms with Gasteiger partial charge in [-0.05, 0) is 18.2 Å². The summed E-state index contributed by atoms with van der Waals surface area (Å²) in [7, 11) is 3.80. The topological polar surface area (TPSA) is 62.5 Å². The average Bonchev–Trinajstić information content (AvgIpc) is 2.53. The van der Waals surface area contributed by atoms with Crippen molar-refractivity contribution in [1.29, 1.82) is 0 Å². The SMILES string of the molecule is COc1ccc(OC)c(Cn2c(=O)cc(C(F)(F)F)n(C)c2=O)c1. The maximum Gasteiger partial charge on any atom is 0.431 e. The zero-order valence-electron chi connectivity index (χ0n) is 13.2. The van der Waals surface area contributed by atoms with Gasteiger partial charge in [0, 0.05) is 18.7 Å². The minimum atomic E-state index is -4.79. The maximum absolute atomic E-state index is 12.8. The van der Waals surface area contributed by atoms with Crippen molar-refractivity contribution in [3.8, 4) is 11.5 Å². The molecule has 1 heterocycles. The first kappa shape index (κ1) is 17.6. The molecule has 9 heteroatoms. The molecule has 0 saturated carbocycles. The molecule has 6 nitrogen and oxygen atoms in total. The van der Waals surface area contributed by atoms with Crippen LogP contribution >= 0.6 is 0 Å². The fourth-order valence-electron chi connectivity index (χ4n) is 2.26. The highest BCUT2D eigenvalue weighted by Gasteiger charge is 2.34. The number of ether oxygens (including phenoxy) is 2. The van der Waals surface area contributed by atoms with Gasteiger partial charge in [0.1, 0.15) is 17.2 Å². The largest absolute Gasteiger partial charge is 0.497 e. The van der Waals surface area contributed by atoms with Gasteiger partial charge < -0.3 is 9.47 Å². The van der Waals surface area contributed by atoms with Crippen LogP contribution < -0.4 is 20.7 Å². The average molecular weight is 344 g/mol. The first-order valence-corrected chi connectivity index (χ1v) is 6.78. The monoisotopic (exact) mass is 344 g/mol. The standard InChI is InChI=1S/C15H15F3N2O4/c1-19-12(15(16,17)18)7-13(21)20(14(19)22)8-9-6-10(23-2)4-5-11(9)24-3/h4-7H,8H2,1-3H3. The highest BCUT2D eigenvalue weighted by molar-refractivity contribution is 5.40. The second-order valence-corrected chi connectivity index (χ2v) is 4.97. The fourth-order valence-corrected chi connectivity index (χ4v) is 2.26. The van der Waals surface area contributed by atoms with Crippen LogP contribution in [0, 0.1) is 0 Å². The van der Waals surface area contributed by atoms with Crippen LogP contribution in [-0.2, 0) is 19.8 Å².